The lowest BCUT2D eigenvalue weighted by Crippen LogP contribution is -2.46. The van der Waals surface area contributed by atoms with Gasteiger partial charge in [-0.25, -0.2) is 0 Å². The summed E-state index contributed by atoms with van der Waals surface area (Å²) in [6.07, 6.45) is -4.53. The van der Waals surface area contributed by atoms with E-state index in [9.17, 15) is 18.0 Å². The van der Waals surface area contributed by atoms with Gasteiger partial charge in [-0.3, -0.25) is 4.79 Å². The molecule has 0 atom stereocenters. The minimum Gasteiger partial charge on any atom is -0.333 e. The highest BCUT2D eigenvalue weighted by atomic mass is 35.5. The van der Waals surface area contributed by atoms with E-state index in [1.165, 1.54) is 4.90 Å². The molecule has 9 heteroatoms. The molecule has 0 saturated carbocycles. The Bertz CT molecular complexity index is 526. The van der Waals surface area contributed by atoms with Crippen LogP contribution in [0.1, 0.15) is 25.5 Å². The Morgan fingerprint density at radius 2 is 1.95 bits per heavy atom. The maximum Gasteiger partial charge on any atom is 0.451 e. The Balaban J connectivity index is 2.21. The van der Waals surface area contributed by atoms with Crippen LogP contribution in [-0.4, -0.2) is 38.0 Å². The first-order valence-corrected chi connectivity index (χ1v) is 6.55. The van der Waals surface area contributed by atoms with Crippen molar-refractivity contribution in [3.8, 4) is 0 Å². The van der Waals surface area contributed by atoms with E-state index < -0.39 is 17.4 Å². The Morgan fingerprint density at radius 1 is 1.30 bits per heavy atom. The predicted molar refractivity (Wildman–Crippen MR) is 64.9 cm³/mol. The summed E-state index contributed by atoms with van der Waals surface area (Å²) < 4.78 is 39.1. The molecule has 1 aliphatic heterocycles. The molecule has 0 N–H and O–H groups in total. The normalized spacial score (nSPS) is 16.2. The highest BCUT2D eigenvalue weighted by Crippen LogP contribution is 2.30. The van der Waals surface area contributed by atoms with Crippen LogP contribution in [0, 0.1) is 5.41 Å². The number of hydrogen-bond donors (Lipinski definition) is 0. The number of hydrogen-bond acceptors (Lipinski definition) is 3. The van der Waals surface area contributed by atoms with Gasteiger partial charge in [0.2, 0.25) is 11.7 Å². The number of alkyl halides is 4. The second kappa shape index (κ2) is 4.91. The van der Waals surface area contributed by atoms with E-state index in [1.54, 1.807) is 13.8 Å². The molecular weight excluding hydrogens is 297 g/mol. The Hall–Kier alpha value is -1.31. The van der Waals surface area contributed by atoms with Gasteiger partial charge in [-0.15, -0.1) is 21.8 Å². The predicted octanol–water partition coefficient (Wildman–Crippen LogP) is 1.90. The molecular formula is C11H14ClF3N4O. The van der Waals surface area contributed by atoms with Crippen molar-refractivity contribution < 1.29 is 18.0 Å². The molecule has 1 aromatic rings. The number of fused-ring (bicyclic) bond motifs is 1. The van der Waals surface area contributed by atoms with Crippen molar-refractivity contribution in [1.82, 2.24) is 19.7 Å². The van der Waals surface area contributed by atoms with E-state index in [0.717, 1.165) is 4.57 Å². The zero-order chi connectivity index (χ0) is 15.1. The highest BCUT2D eigenvalue weighted by Gasteiger charge is 2.41. The van der Waals surface area contributed by atoms with Crippen molar-refractivity contribution in [3.05, 3.63) is 11.6 Å². The third kappa shape index (κ3) is 2.61. The Kier molecular flexibility index (Phi) is 3.70. The largest absolute Gasteiger partial charge is 0.451 e. The van der Waals surface area contributed by atoms with E-state index in [4.69, 9.17) is 11.6 Å². The van der Waals surface area contributed by atoms with E-state index in [2.05, 4.69) is 10.2 Å². The molecule has 1 amide bonds. The number of halogens is 4. The quantitative estimate of drug-likeness (QED) is 0.784. The lowest BCUT2D eigenvalue weighted by Gasteiger charge is -2.33. The minimum atomic E-state index is -4.53. The molecule has 5 nitrogen and oxygen atoms in total. The van der Waals surface area contributed by atoms with Gasteiger partial charge in [-0.1, -0.05) is 0 Å². The molecule has 1 aromatic heterocycles. The molecule has 0 aromatic carbocycles. The SMILES string of the molecule is CC(C)(CCl)C(=O)N1CCn2c(nnc2C(F)(F)F)C1. The van der Waals surface area contributed by atoms with Gasteiger partial charge in [0.05, 0.1) is 12.0 Å². The molecule has 20 heavy (non-hydrogen) atoms. The van der Waals surface area contributed by atoms with Gasteiger partial charge >= 0.3 is 6.18 Å². The molecule has 0 bridgehead atoms. The second-order valence-corrected chi connectivity index (χ2v) is 5.60. The van der Waals surface area contributed by atoms with Crippen LogP contribution in [0.2, 0.25) is 0 Å². The summed E-state index contributed by atoms with van der Waals surface area (Å²) in [6.45, 7) is 3.63. The molecule has 2 heterocycles. The first kappa shape index (κ1) is 15.1. The summed E-state index contributed by atoms with van der Waals surface area (Å²) in [5, 5.41) is 6.70. The fraction of sp³-hybridized carbons (Fsp3) is 0.727. The van der Waals surface area contributed by atoms with E-state index >= 15 is 0 Å². The van der Waals surface area contributed by atoms with Gasteiger partial charge in [0.25, 0.3) is 0 Å². The summed E-state index contributed by atoms with van der Waals surface area (Å²) in [5.74, 6) is -0.933. The molecule has 0 fully saturated rings. The van der Waals surface area contributed by atoms with Crippen LogP contribution in [-0.2, 0) is 24.1 Å². The number of amides is 1. The van der Waals surface area contributed by atoms with Crippen LogP contribution < -0.4 is 0 Å². The average molecular weight is 311 g/mol. The molecule has 0 unspecified atom stereocenters. The van der Waals surface area contributed by atoms with Gasteiger partial charge < -0.3 is 9.47 Å². The smallest absolute Gasteiger partial charge is 0.333 e. The first-order valence-electron chi connectivity index (χ1n) is 6.01. The van der Waals surface area contributed by atoms with Crippen LogP contribution in [0.15, 0.2) is 0 Å². The standard InChI is InChI=1S/C11H14ClF3N4O/c1-10(2,6-12)9(20)18-3-4-19-7(5-18)16-17-8(19)11(13,14)15/h3-6H2,1-2H3. The fourth-order valence-electron chi connectivity index (χ4n) is 2.03. The second-order valence-electron chi connectivity index (χ2n) is 5.33. The summed E-state index contributed by atoms with van der Waals surface area (Å²) in [5.41, 5.74) is -0.753. The fourth-order valence-corrected chi connectivity index (χ4v) is 2.14. The van der Waals surface area contributed by atoms with Crippen LogP contribution >= 0.6 is 11.6 Å². The van der Waals surface area contributed by atoms with Crippen molar-refractivity contribution in [3.63, 3.8) is 0 Å². The lowest BCUT2D eigenvalue weighted by atomic mass is 9.94. The number of rotatable bonds is 2. The Morgan fingerprint density at radius 3 is 2.50 bits per heavy atom. The van der Waals surface area contributed by atoms with Crippen molar-refractivity contribution in [2.45, 2.75) is 33.1 Å². The van der Waals surface area contributed by atoms with Gasteiger partial charge in [0.15, 0.2) is 5.82 Å². The third-order valence-electron chi connectivity index (χ3n) is 3.21. The molecule has 0 saturated heterocycles. The van der Waals surface area contributed by atoms with Gasteiger partial charge in [0.1, 0.15) is 0 Å². The van der Waals surface area contributed by atoms with E-state index in [0.29, 0.717) is 0 Å². The highest BCUT2D eigenvalue weighted by molar-refractivity contribution is 6.19. The average Bonchev–Trinajstić information content (AvgIpc) is 2.80. The molecule has 2 rings (SSSR count). The topological polar surface area (TPSA) is 51.0 Å². The van der Waals surface area contributed by atoms with E-state index in [-0.39, 0.29) is 37.2 Å². The van der Waals surface area contributed by atoms with Crippen LogP contribution in [0.3, 0.4) is 0 Å². The number of carbonyl (C=O) groups is 1. The summed E-state index contributed by atoms with van der Waals surface area (Å²) >= 11 is 5.74. The lowest BCUT2D eigenvalue weighted by molar-refractivity contribution is -0.148. The molecule has 112 valence electrons. The van der Waals surface area contributed by atoms with Gasteiger partial charge in [-0.2, -0.15) is 13.2 Å². The third-order valence-corrected chi connectivity index (χ3v) is 3.88. The molecule has 1 aliphatic rings. The van der Waals surface area contributed by atoms with Crippen molar-refractivity contribution in [1.29, 1.82) is 0 Å². The van der Waals surface area contributed by atoms with Gasteiger partial charge in [0, 0.05) is 19.0 Å². The number of aromatic nitrogens is 3. The summed E-state index contributed by atoms with van der Waals surface area (Å²) in [6, 6.07) is 0. The van der Waals surface area contributed by atoms with Crippen LogP contribution in [0.25, 0.3) is 0 Å². The molecule has 0 spiro atoms. The molecule has 0 radical (unpaired) electrons. The van der Waals surface area contributed by atoms with Gasteiger partial charge in [-0.05, 0) is 13.8 Å². The molecule has 0 aliphatic carbocycles. The van der Waals surface area contributed by atoms with Crippen LogP contribution in [0.5, 0.6) is 0 Å². The van der Waals surface area contributed by atoms with Crippen molar-refractivity contribution in [2.24, 2.45) is 5.41 Å². The number of nitrogens with zero attached hydrogens (tertiary/aromatic N) is 4. The Labute approximate surface area is 118 Å². The monoisotopic (exact) mass is 310 g/mol. The van der Waals surface area contributed by atoms with E-state index in [1.807, 2.05) is 0 Å². The number of carbonyl (C=O) groups excluding carboxylic acids is 1. The van der Waals surface area contributed by atoms with Crippen LogP contribution in [0.4, 0.5) is 13.2 Å². The minimum absolute atomic E-state index is 0.0161. The maximum atomic E-state index is 12.7. The zero-order valence-electron chi connectivity index (χ0n) is 11.0. The van der Waals surface area contributed by atoms with Crippen molar-refractivity contribution >= 4 is 17.5 Å². The first-order chi connectivity index (χ1) is 9.16. The maximum absolute atomic E-state index is 12.7. The summed E-state index contributed by atoms with van der Waals surface area (Å²) in [4.78, 5) is 13.7. The zero-order valence-corrected chi connectivity index (χ0v) is 11.8. The summed E-state index contributed by atoms with van der Waals surface area (Å²) in [7, 11) is 0. The van der Waals surface area contributed by atoms with Crippen molar-refractivity contribution in [2.75, 3.05) is 12.4 Å².